The first-order chi connectivity index (χ1) is 12.6. The Morgan fingerprint density at radius 3 is 2.77 bits per heavy atom. The molecular formula is C19H20N4O3. The van der Waals surface area contributed by atoms with Gasteiger partial charge in [0.15, 0.2) is 5.82 Å². The molecule has 0 saturated carbocycles. The molecule has 2 N–H and O–H groups in total. The van der Waals surface area contributed by atoms with E-state index >= 15 is 0 Å². The molecule has 0 aliphatic carbocycles. The maximum atomic E-state index is 12.1. The standard InChI is InChI=1S/C19H20N4O3/c1-13-10-18(23-26-13)22-19(24)15-6-7-17(21-12-15)20-9-8-14-4-3-5-16(11-14)25-2/h3-7,10-12H,8-9H2,1-2H3,(H,20,21)(H,22,23,24). The molecule has 0 spiro atoms. The van der Waals surface area contributed by atoms with E-state index in [4.69, 9.17) is 9.26 Å². The van der Waals surface area contributed by atoms with Crippen molar-refractivity contribution in [2.45, 2.75) is 13.3 Å². The van der Waals surface area contributed by atoms with Gasteiger partial charge in [0.25, 0.3) is 5.91 Å². The molecule has 2 heterocycles. The monoisotopic (exact) mass is 352 g/mol. The molecule has 0 aliphatic rings. The molecule has 26 heavy (non-hydrogen) atoms. The normalized spacial score (nSPS) is 10.4. The highest BCUT2D eigenvalue weighted by atomic mass is 16.5. The molecule has 1 amide bonds. The summed E-state index contributed by atoms with van der Waals surface area (Å²) in [5.74, 6) is 2.29. The first kappa shape index (κ1) is 17.5. The van der Waals surface area contributed by atoms with E-state index in [0.717, 1.165) is 18.7 Å². The van der Waals surface area contributed by atoms with Crippen LogP contribution in [0.25, 0.3) is 0 Å². The van der Waals surface area contributed by atoms with Crippen molar-refractivity contribution in [3.8, 4) is 5.75 Å². The molecule has 1 aromatic carbocycles. The predicted molar refractivity (Wildman–Crippen MR) is 98.6 cm³/mol. The molecule has 0 unspecified atom stereocenters. The molecule has 2 aromatic heterocycles. The van der Waals surface area contributed by atoms with E-state index in [0.29, 0.717) is 23.0 Å². The molecule has 0 atom stereocenters. The molecule has 7 nitrogen and oxygen atoms in total. The number of aryl methyl sites for hydroxylation is 1. The van der Waals surface area contributed by atoms with E-state index in [1.807, 2.05) is 18.2 Å². The number of hydrogen-bond donors (Lipinski definition) is 2. The van der Waals surface area contributed by atoms with Crippen LogP contribution in [0.3, 0.4) is 0 Å². The second-order valence-corrected chi connectivity index (χ2v) is 5.74. The van der Waals surface area contributed by atoms with E-state index in [1.54, 1.807) is 32.2 Å². The number of anilines is 2. The van der Waals surface area contributed by atoms with E-state index in [-0.39, 0.29) is 5.91 Å². The molecule has 7 heteroatoms. The lowest BCUT2D eigenvalue weighted by Crippen LogP contribution is -2.13. The van der Waals surface area contributed by atoms with Crippen molar-refractivity contribution in [1.82, 2.24) is 10.1 Å². The lowest BCUT2D eigenvalue weighted by molar-refractivity contribution is 0.102. The van der Waals surface area contributed by atoms with Gasteiger partial charge in [0.05, 0.1) is 12.7 Å². The van der Waals surface area contributed by atoms with E-state index in [1.165, 1.54) is 11.8 Å². The fourth-order valence-corrected chi connectivity index (χ4v) is 2.41. The average Bonchev–Trinajstić information content (AvgIpc) is 3.07. The summed E-state index contributed by atoms with van der Waals surface area (Å²) in [6, 6.07) is 13.1. The highest BCUT2D eigenvalue weighted by molar-refractivity contribution is 6.03. The largest absolute Gasteiger partial charge is 0.497 e. The minimum Gasteiger partial charge on any atom is -0.497 e. The summed E-state index contributed by atoms with van der Waals surface area (Å²) in [5, 5.41) is 9.63. The summed E-state index contributed by atoms with van der Waals surface area (Å²) in [5.41, 5.74) is 1.62. The van der Waals surface area contributed by atoms with Crippen molar-refractivity contribution in [2.24, 2.45) is 0 Å². The average molecular weight is 352 g/mol. The molecule has 134 valence electrons. The minimum absolute atomic E-state index is 0.284. The van der Waals surface area contributed by atoms with Crippen LogP contribution in [0.2, 0.25) is 0 Å². The van der Waals surface area contributed by atoms with Gasteiger partial charge in [-0.15, -0.1) is 0 Å². The summed E-state index contributed by atoms with van der Waals surface area (Å²) in [7, 11) is 1.66. The zero-order chi connectivity index (χ0) is 18.4. The number of amides is 1. The third kappa shape index (κ3) is 4.60. The predicted octanol–water partition coefficient (Wildman–Crippen LogP) is 3.29. The zero-order valence-corrected chi connectivity index (χ0v) is 14.7. The van der Waals surface area contributed by atoms with Crippen molar-refractivity contribution in [1.29, 1.82) is 0 Å². The zero-order valence-electron chi connectivity index (χ0n) is 14.7. The maximum Gasteiger partial charge on any atom is 0.258 e. The van der Waals surface area contributed by atoms with Crippen LogP contribution in [0.1, 0.15) is 21.7 Å². The Balaban J connectivity index is 1.51. The molecule has 0 radical (unpaired) electrons. The van der Waals surface area contributed by atoms with Gasteiger partial charge in [-0.1, -0.05) is 17.3 Å². The number of benzene rings is 1. The van der Waals surface area contributed by atoms with E-state index in [2.05, 4.69) is 26.8 Å². The van der Waals surface area contributed by atoms with Crippen LogP contribution in [-0.4, -0.2) is 29.7 Å². The highest BCUT2D eigenvalue weighted by Crippen LogP contribution is 2.14. The summed E-state index contributed by atoms with van der Waals surface area (Å²) in [4.78, 5) is 16.4. The number of carbonyl (C=O) groups is 1. The van der Waals surface area contributed by atoms with E-state index in [9.17, 15) is 4.79 Å². The summed E-state index contributed by atoms with van der Waals surface area (Å²) >= 11 is 0. The summed E-state index contributed by atoms with van der Waals surface area (Å²) in [6.45, 7) is 2.49. The molecule has 0 saturated heterocycles. The third-order valence-corrected chi connectivity index (χ3v) is 3.75. The van der Waals surface area contributed by atoms with Crippen molar-refractivity contribution >= 4 is 17.5 Å². The summed E-state index contributed by atoms with van der Waals surface area (Å²) in [6.07, 6.45) is 2.36. The van der Waals surface area contributed by atoms with Crippen LogP contribution < -0.4 is 15.4 Å². The van der Waals surface area contributed by atoms with Crippen molar-refractivity contribution in [3.05, 3.63) is 65.5 Å². The van der Waals surface area contributed by atoms with Gasteiger partial charge in [0.1, 0.15) is 17.3 Å². The van der Waals surface area contributed by atoms with Gasteiger partial charge < -0.3 is 19.9 Å². The fraction of sp³-hybridized carbons (Fsp3) is 0.211. The second kappa shape index (κ2) is 8.15. The number of carbonyl (C=O) groups excluding carboxylic acids is 1. The van der Waals surface area contributed by atoms with Crippen LogP contribution >= 0.6 is 0 Å². The van der Waals surface area contributed by atoms with Gasteiger partial charge in [0.2, 0.25) is 0 Å². The lowest BCUT2D eigenvalue weighted by Gasteiger charge is -2.08. The number of nitrogens with zero attached hydrogens (tertiary/aromatic N) is 2. The van der Waals surface area contributed by atoms with Crippen LogP contribution in [-0.2, 0) is 6.42 Å². The molecule has 3 aromatic rings. The number of ether oxygens (including phenoxy) is 1. The number of methoxy groups -OCH3 is 1. The summed E-state index contributed by atoms with van der Waals surface area (Å²) < 4.78 is 10.1. The first-order valence-electron chi connectivity index (χ1n) is 8.21. The first-order valence-corrected chi connectivity index (χ1v) is 8.21. The number of rotatable bonds is 7. The number of aromatic nitrogens is 2. The molecule has 3 rings (SSSR count). The number of hydrogen-bond acceptors (Lipinski definition) is 6. The molecule has 0 aliphatic heterocycles. The van der Waals surface area contributed by atoms with Crippen LogP contribution in [0.4, 0.5) is 11.6 Å². The topological polar surface area (TPSA) is 89.3 Å². The van der Waals surface area contributed by atoms with Gasteiger partial charge in [-0.25, -0.2) is 4.98 Å². The van der Waals surface area contributed by atoms with Gasteiger partial charge in [-0.2, -0.15) is 0 Å². The Morgan fingerprint density at radius 1 is 1.19 bits per heavy atom. The highest BCUT2D eigenvalue weighted by Gasteiger charge is 2.09. The van der Waals surface area contributed by atoms with Crippen molar-refractivity contribution in [2.75, 3.05) is 24.3 Å². The van der Waals surface area contributed by atoms with Crippen LogP contribution in [0, 0.1) is 6.92 Å². The van der Waals surface area contributed by atoms with Gasteiger partial charge in [0, 0.05) is 18.8 Å². The third-order valence-electron chi connectivity index (χ3n) is 3.75. The Hall–Kier alpha value is -3.35. The number of pyridine rings is 1. The smallest absolute Gasteiger partial charge is 0.258 e. The quantitative estimate of drug-likeness (QED) is 0.678. The fourth-order valence-electron chi connectivity index (χ4n) is 2.41. The van der Waals surface area contributed by atoms with Crippen LogP contribution in [0.5, 0.6) is 5.75 Å². The SMILES string of the molecule is COc1cccc(CCNc2ccc(C(=O)Nc3cc(C)on3)cn2)c1. The molecular weight excluding hydrogens is 332 g/mol. The number of nitrogens with one attached hydrogen (secondary N) is 2. The Kier molecular flexibility index (Phi) is 5.48. The Morgan fingerprint density at radius 2 is 2.08 bits per heavy atom. The van der Waals surface area contributed by atoms with Gasteiger partial charge >= 0.3 is 0 Å². The Labute approximate surface area is 151 Å². The molecule has 0 fully saturated rings. The second-order valence-electron chi connectivity index (χ2n) is 5.74. The van der Waals surface area contributed by atoms with Crippen LogP contribution in [0.15, 0.2) is 53.2 Å². The minimum atomic E-state index is -0.284. The maximum absolute atomic E-state index is 12.1. The Bertz CT molecular complexity index is 875. The van der Waals surface area contributed by atoms with Gasteiger partial charge in [-0.3, -0.25) is 4.79 Å². The van der Waals surface area contributed by atoms with Crippen molar-refractivity contribution in [3.63, 3.8) is 0 Å². The van der Waals surface area contributed by atoms with E-state index < -0.39 is 0 Å². The molecule has 0 bridgehead atoms. The van der Waals surface area contributed by atoms with Gasteiger partial charge in [-0.05, 0) is 43.2 Å². The lowest BCUT2D eigenvalue weighted by atomic mass is 10.1. The van der Waals surface area contributed by atoms with Crippen molar-refractivity contribution < 1.29 is 14.1 Å².